The average molecular weight is 259 g/mol. The predicted octanol–water partition coefficient (Wildman–Crippen LogP) is 5.27. The summed E-state index contributed by atoms with van der Waals surface area (Å²) in [5, 5.41) is 3.74. The minimum atomic E-state index is 0.685. The monoisotopic (exact) mass is 259 g/mol. The van der Waals surface area contributed by atoms with E-state index in [9.17, 15) is 0 Å². The Morgan fingerprint density at radius 1 is 1.16 bits per heavy atom. The molecular weight excluding hydrogens is 230 g/mol. The van der Waals surface area contributed by atoms with Crippen LogP contribution in [0.25, 0.3) is 0 Å². The first-order valence-corrected chi connectivity index (χ1v) is 8.02. The second-order valence-corrected chi connectivity index (χ2v) is 6.55. The quantitative estimate of drug-likeness (QED) is 0.760. The molecule has 106 valence electrons. The molecule has 1 saturated carbocycles. The van der Waals surface area contributed by atoms with Crippen LogP contribution in [0.1, 0.15) is 58.4 Å². The van der Waals surface area contributed by atoms with E-state index in [1.807, 2.05) is 0 Å². The fraction of sp³-hybridized carbons (Fsp3) is 0.667. The maximum absolute atomic E-state index is 3.74. The number of aryl methyl sites for hydroxylation is 1. The Kier molecular flexibility index (Phi) is 5.30. The van der Waals surface area contributed by atoms with Gasteiger partial charge in [0, 0.05) is 11.7 Å². The van der Waals surface area contributed by atoms with E-state index in [1.165, 1.54) is 43.4 Å². The first kappa shape index (κ1) is 14.4. The van der Waals surface area contributed by atoms with Gasteiger partial charge in [0.25, 0.3) is 0 Å². The lowest BCUT2D eigenvalue weighted by atomic mass is 9.81. The van der Waals surface area contributed by atoms with Gasteiger partial charge in [0.2, 0.25) is 0 Å². The van der Waals surface area contributed by atoms with E-state index in [-0.39, 0.29) is 0 Å². The van der Waals surface area contributed by atoms with Gasteiger partial charge in [0.1, 0.15) is 0 Å². The fourth-order valence-corrected chi connectivity index (χ4v) is 3.38. The number of anilines is 1. The van der Waals surface area contributed by atoms with Gasteiger partial charge in [-0.3, -0.25) is 0 Å². The Morgan fingerprint density at radius 2 is 1.89 bits per heavy atom. The average Bonchev–Trinajstić information content (AvgIpc) is 2.39. The molecule has 0 spiro atoms. The zero-order valence-corrected chi connectivity index (χ0v) is 12.8. The van der Waals surface area contributed by atoms with Crippen LogP contribution in [0.4, 0.5) is 5.69 Å². The van der Waals surface area contributed by atoms with Crippen molar-refractivity contribution >= 4 is 5.69 Å². The van der Waals surface area contributed by atoms with Crippen molar-refractivity contribution in [3.05, 3.63) is 29.8 Å². The maximum atomic E-state index is 3.74. The summed E-state index contributed by atoms with van der Waals surface area (Å²) in [6, 6.07) is 9.66. The van der Waals surface area contributed by atoms with Crippen molar-refractivity contribution in [2.45, 2.75) is 65.3 Å². The third-order valence-corrected chi connectivity index (χ3v) is 4.32. The molecule has 0 heterocycles. The van der Waals surface area contributed by atoms with E-state index in [4.69, 9.17) is 0 Å². The van der Waals surface area contributed by atoms with Crippen molar-refractivity contribution in [3.8, 4) is 0 Å². The summed E-state index contributed by atoms with van der Waals surface area (Å²) < 4.78 is 0. The second kappa shape index (κ2) is 6.98. The second-order valence-electron chi connectivity index (χ2n) is 6.55. The van der Waals surface area contributed by atoms with E-state index >= 15 is 0 Å². The molecule has 1 N–H and O–H groups in total. The van der Waals surface area contributed by atoms with Crippen LogP contribution in [0, 0.1) is 11.8 Å². The molecule has 0 bridgehead atoms. The summed E-state index contributed by atoms with van der Waals surface area (Å²) >= 11 is 0. The van der Waals surface area contributed by atoms with Crippen molar-refractivity contribution in [3.63, 3.8) is 0 Å². The Morgan fingerprint density at radius 3 is 2.53 bits per heavy atom. The van der Waals surface area contributed by atoms with E-state index < -0.39 is 0 Å². The maximum Gasteiger partial charge on any atom is 0.0342 e. The lowest BCUT2D eigenvalue weighted by Crippen LogP contribution is -2.27. The van der Waals surface area contributed by atoms with Crippen LogP contribution in [0.15, 0.2) is 24.3 Å². The van der Waals surface area contributed by atoms with Crippen LogP contribution in [-0.2, 0) is 6.42 Å². The van der Waals surface area contributed by atoms with E-state index in [0.29, 0.717) is 6.04 Å². The number of benzene rings is 1. The minimum Gasteiger partial charge on any atom is -0.382 e. The lowest BCUT2D eigenvalue weighted by Gasteiger charge is -2.31. The number of hydrogen-bond donors (Lipinski definition) is 1. The molecule has 1 heteroatoms. The first-order chi connectivity index (χ1) is 9.17. The highest BCUT2D eigenvalue weighted by atomic mass is 14.9. The Balaban J connectivity index is 1.87. The van der Waals surface area contributed by atoms with Crippen molar-refractivity contribution < 1.29 is 0 Å². The zero-order valence-electron chi connectivity index (χ0n) is 12.8. The molecule has 0 aliphatic heterocycles. The van der Waals surface area contributed by atoms with E-state index in [0.717, 1.165) is 18.3 Å². The molecule has 1 aromatic carbocycles. The Hall–Kier alpha value is -0.980. The van der Waals surface area contributed by atoms with Gasteiger partial charge in [-0.1, -0.05) is 45.7 Å². The summed E-state index contributed by atoms with van der Waals surface area (Å²) in [5.74, 6) is 1.77. The smallest absolute Gasteiger partial charge is 0.0342 e. The van der Waals surface area contributed by atoms with E-state index in [2.05, 4.69) is 50.4 Å². The van der Waals surface area contributed by atoms with Gasteiger partial charge in [-0.25, -0.2) is 0 Å². The summed E-state index contributed by atoms with van der Waals surface area (Å²) in [6.07, 6.45) is 8.04. The van der Waals surface area contributed by atoms with Gasteiger partial charge in [-0.15, -0.1) is 0 Å². The third-order valence-electron chi connectivity index (χ3n) is 4.32. The Bertz CT molecular complexity index is 366. The lowest BCUT2D eigenvalue weighted by molar-refractivity contribution is 0.289. The largest absolute Gasteiger partial charge is 0.382 e. The van der Waals surface area contributed by atoms with Crippen molar-refractivity contribution in [2.75, 3.05) is 5.32 Å². The van der Waals surface area contributed by atoms with Crippen LogP contribution in [0.2, 0.25) is 0 Å². The molecule has 1 aliphatic rings. The highest BCUT2D eigenvalue weighted by Crippen LogP contribution is 2.31. The van der Waals surface area contributed by atoms with Crippen molar-refractivity contribution in [1.82, 2.24) is 0 Å². The molecule has 2 unspecified atom stereocenters. The molecule has 1 aromatic rings. The summed E-state index contributed by atoms with van der Waals surface area (Å²) in [5.41, 5.74) is 2.72. The van der Waals surface area contributed by atoms with Crippen LogP contribution in [0.3, 0.4) is 0 Å². The normalized spacial score (nSPS) is 23.6. The standard InChI is InChI=1S/C18H29N/c1-4-15-8-10-17(11-9-15)19-18-7-5-6-16(13-18)12-14(2)3/h8-11,14,16,18-19H,4-7,12-13H2,1-3H3. The molecule has 0 amide bonds. The van der Waals surface area contributed by atoms with Gasteiger partial charge in [0.15, 0.2) is 0 Å². The first-order valence-electron chi connectivity index (χ1n) is 8.02. The van der Waals surface area contributed by atoms with Gasteiger partial charge in [0.05, 0.1) is 0 Å². The highest BCUT2D eigenvalue weighted by molar-refractivity contribution is 5.45. The van der Waals surface area contributed by atoms with Crippen LogP contribution in [-0.4, -0.2) is 6.04 Å². The van der Waals surface area contributed by atoms with Gasteiger partial charge < -0.3 is 5.32 Å². The van der Waals surface area contributed by atoms with Crippen LogP contribution < -0.4 is 5.32 Å². The summed E-state index contributed by atoms with van der Waals surface area (Å²) in [6.45, 7) is 6.90. The third kappa shape index (κ3) is 4.56. The molecule has 19 heavy (non-hydrogen) atoms. The number of rotatable bonds is 5. The summed E-state index contributed by atoms with van der Waals surface area (Å²) in [4.78, 5) is 0. The topological polar surface area (TPSA) is 12.0 Å². The molecule has 2 atom stereocenters. The molecule has 0 radical (unpaired) electrons. The predicted molar refractivity (Wildman–Crippen MR) is 84.6 cm³/mol. The van der Waals surface area contributed by atoms with Crippen LogP contribution >= 0.6 is 0 Å². The van der Waals surface area contributed by atoms with Crippen LogP contribution in [0.5, 0.6) is 0 Å². The van der Waals surface area contributed by atoms with Gasteiger partial charge >= 0.3 is 0 Å². The fourth-order valence-electron chi connectivity index (χ4n) is 3.38. The molecule has 2 rings (SSSR count). The van der Waals surface area contributed by atoms with Crippen molar-refractivity contribution in [2.24, 2.45) is 11.8 Å². The van der Waals surface area contributed by atoms with E-state index in [1.54, 1.807) is 0 Å². The van der Waals surface area contributed by atoms with Gasteiger partial charge in [-0.05, 0) is 55.2 Å². The summed E-state index contributed by atoms with van der Waals surface area (Å²) in [7, 11) is 0. The van der Waals surface area contributed by atoms with Crippen molar-refractivity contribution in [1.29, 1.82) is 0 Å². The molecule has 0 saturated heterocycles. The minimum absolute atomic E-state index is 0.685. The Labute approximate surface area is 118 Å². The molecular formula is C18H29N. The number of hydrogen-bond acceptors (Lipinski definition) is 1. The molecule has 1 fully saturated rings. The SMILES string of the molecule is CCc1ccc(NC2CCCC(CC(C)C)C2)cc1. The highest BCUT2D eigenvalue weighted by Gasteiger charge is 2.22. The zero-order chi connectivity index (χ0) is 13.7. The molecule has 1 nitrogen and oxygen atoms in total. The molecule has 0 aromatic heterocycles. The number of nitrogens with one attached hydrogen (secondary N) is 1. The van der Waals surface area contributed by atoms with Gasteiger partial charge in [-0.2, -0.15) is 0 Å². The molecule has 1 aliphatic carbocycles.